The molecule has 6 rings (SSSR count). The fourth-order valence-corrected chi connectivity index (χ4v) is 7.01. The number of carbonyl (C=O) groups is 1. The number of hydrogen-bond donors (Lipinski definition) is 0. The quantitative estimate of drug-likeness (QED) is 0.535. The van der Waals surface area contributed by atoms with Crippen molar-refractivity contribution in [1.29, 1.82) is 0 Å². The Bertz CT molecular complexity index is 1300. The van der Waals surface area contributed by atoms with E-state index in [2.05, 4.69) is 33.4 Å². The topological polar surface area (TPSA) is 60.7 Å². The van der Waals surface area contributed by atoms with Crippen LogP contribution in [0.1, 0.15) is 47.7 Å². The minimum absolute atomic E-state index is 0.0552. The Labute approximate surface area is 232 Å². The molecular weight excluding hydrogens is 519 g/mol. The van der Waals surface area contributed by atoms with Crippen molar-refractivity contribution in [3.05, 3.63) is 53.5 Å². The number of rotatable bonds is 4. The van der Waals surface area contributed by atoms with Crippen molar-refractivity contribution in [2.45, 2.75) is 50.4 Å². The van der Waals surface area contributed by atoms with Crippen LogP contribution in [0.3, 0.4) is 0 Å². The summed E-state index contributed by atoms with van der Waals surface area (Å²) in [7, 11) is 1.95. The highest BCUT2D eigenvalue weighted by atomic mass is 19.4. The number of alkyl halides is 3. The van der Waals surface area contributed by atoms with Gasteiger partial charge in [0.1, 0.15) is 5.82 Å². The zero-order chi connectivity index (χ0) is 28.2. The lowest BCUT2D eigenvalue weighted by atomic mass is 9.90. The molecule has 2 aromatic heterocycles. The molecule has 3 fully saturated rings. The third-order valence-electron chi connectivity index (χ3n) is 9.14. The number of anilines is 2. The number of halogens is 3. The lowest BCUT2D eigenvalue weighted by molar-refractivity contribution is -0.141. The highest BCUT2D eigenvalue weighted by Gasteiger charge is 2.46. The number of carbonyl (C=O) groups excluding carboxylic acids is 1. The number of fused-ring (bicyclic) bond motifs is 3. The van der Waals surface area contributed by atoms with Crippen molar-refractivity contribution in [3.63, 3.8) is 0 Å². The zero-order valence-corrected chi connectivity index (χ0v) is 23.1. The molecule has 0 bridgehead atoms. The fraction of sp³-hybridized carbons (Fsp3) is 0.552. The number of aryl methyl sites for hydroxylation is 2. The molecule has 0 N–H and O–H groups in total. The standard InChI is InChI=1S/C29H36F3N7O/c1-4-26(40)38-14-12-36(13-15-38)24-18-39-22(24)7-5-6-21-23(39)16-25(34-28(21)29(30,31)32)37-10-8-20(9-11-37)27-19(2)17-33-35(27)3/h4-6,16-17,20,22,24H,1,7-15,18H2,2-3H3. The van der Waals surface area contributed by atoms with Gasteiger partial charge in [0.15, 0.2) is 5.69 Å². The summed E-state index contributed by atoms with van der Waals surface area (Å²) in [4.78, 5) is 24.5. The predicted molar refractivity (Wildman–Crippen MR) is 148 cm³/mol. The minimum Gasteiger partial charge on any atom is -0.364 e. The summed E-state index contributed by atoms with van der Waals surface area (Å²) in [5, 5.41) is 4.37. The van der Waals surface area contributed by atoms with Crippen molar-refractivity contribution in [3.8, 4) is 0 Å². The molecule has 2 atom stereocenters. The smallest absolute Gasteiger partial charge is 0.364 e. The van der Waals surface area contributed by atoms with Gasteiger partial charge in [0.05, 0.1) is 11.9 Å². The number of amides is 1. The zero-order valence-electron chi connectivity index (χ0n) is 23.1. The Morgan fingerprint density at radius 2 is 1.82 bits per heavy atom. The van der Waals surface area contributed by atoms with Gasteiger partial charge in [-0.2, -0.15) is 18.3 Å². The second-order valence-corrected chi connectivity index (χ2v) is 11.3. The van der Waals surface area contributed by atoms with E-state index in [0.29, 0.717) is 56.6 Å². The van der Waals surface area contributed by atoms with Gasteiger partial charge >= 0.3 is 6.18 Å². The van der Waals surface area contributed by atoms with Crippen LogP contribution >= 0.6 is 0 Å². The first-order valence-electron chi connectivity index (χ1n) is 14.1. The Balaban J connectivity index is 1.23. The molecule has 0 spiro atoms. The van der Waals surface area contributed by atoms with E-state index in [1.54, 1.807) is 11.0 Å². The van der Waals surface area contributed by atoms with Crippen molar-refractivity contribution in [1.82, 2.24) is 24.6 Å². The summed E-state index contributed by atoms with van der Waals surface area (Å²) in [5.41, 5.74) is 2.35. The molecule has 0 radical (unpaired) electrons. The van der Waals surface area contributed by atoms with Gasteiger partial charge in [-0.15, -0.1) is 0 Å². The third kappa shape index (κ3) is 4.67. The van der Waals surface area contributed by atoms with Crippen LogP contribution in [0.25, 0.3) is 6.08 Å². The van der Waals surface area contributed by atoms with Crippen molar-refractivity contribution in [2.75, 3.05) is 55.6 Å². The fourth-order valence-electron chi connectivity index (χ4n) is 7.01. The molecule has 0 saturated carbocycles. The summed E-state index contributed by atoms with van der Waals surface area (Å²) in [6.07, 6.45) is 4.51. The molecule has 2 aromatic rings. The normalized spacial score (nSPS) is 23.9. The van der Waals surface area contributed by atoms with Gasteiger partial charge in [0.2, 0.25) is 5.91 Å². The molecule has 214 valence electrons. The van der Waals surface area contributed by atoms with Gasteiger partial charge in [-0.3, -0.25) is 14.4 Å². The Morgan fingerprint density at radius 3 is 2.45 bits per heavy atom. The van der Waals surface area contributed by atoms with Crippen LogP contribution in [0.4, 0.5) is 24.7 Å². The van der Waals surface area contributed by atoms with Crippen molar-refractivity contribution < 1.29 is 18.0 Å². The molecule has 4 aliphatic heterocycles. The second kappa shape index (κ2) is 10.2. The van der Waals surface area contributed by atoms with Gasteiger partial charge in [0.25, 0.3) is 0 Å². The van der Waals surface area contributed by atoms with Crippen LogP contribution in [-0.4, -0.2) is 88.4 Å². The maximum absolute atomic E-state index is 14.3. The van der Waals surface area contributed by atoms with Crippen LogP contribution in [0.2, 0.25) is 0 Å². The summed E-state index contributed by atoms with van der Waals surface area (Å²) in [6.45, 7) is 10.4. The van der Waals surface area contributed by atoms with E-state index in [1.165, 1.54) is 11.8 Å². The Kier molecular flexibility index (Phi) is 6.88. The number of hydrogen-bond acceptors (Lipinski definition) is 6. The average Bonchev–Trinajstić information content (AvgIpc) is 3.20. The first-order valence-corrected chi connectivity index (χ1v) is 14.1. The summed E-state index contributed by atoms with van der Waals surface area (Å²) in [6, 6.07) is 2.20. The van der Waals surface area contributed by atoms with Crippen LogP contribution in [-0.2, 0) is 18.0 Å². The summed E-state index contributed by atoms with van der Waals surface area (Å²) >= 11 is 0. The molecule has 11 heteroatoms. The number of aromatic nitrogens is 3. The molecule has 8 nitrogen and oxygen atoms in total. The summed E-state index contributed by atoms with van der Waals surface area (Å²) < 4.78 is 44.9. The number of nitrogens with zero attached hydrogens (tertiary/aromatic N) is 7. The summed E-state index contributed by atoms with van der Waals surface area (Å²) in [5.74, 6) is 0.679. The van der Waals surface area contributed by atoms with Gasteiger partial charge in [-0.1, -0.05) is 18.7 Å². The minimum atomic E-state index is -4.55. The van der Waals surface area contributed by atoms with Gasteiger partial charge in [-0.25, -0.2) is 4.98 Å². The highest BCUT2D eigenvalue weighted by molar-refractivity contribution is 5.87. The van der Waals surface area contributed by atoms with Crippen molar-refractivity contribution >= 4 is 23.5 Å². The van der Waals surface area contributed by atoms with Crippen LogP contribution in [0, 0.1) is 6.92 Å². The van der Waals surface area contributed by atoms with Gasteiger partial charge < -0.3 is 14.7 Å². The molecule has 6 heterocycles. The number of pyridine rings is 1. The first kappa shape index (κ1) is 26.9. The van der Waals surface area contributed by atoms with Crippen molar-refractivity contribution in [2.24, 2.45) is 7.05 Å². The average molecular weight is 556 g/mol. The Hall–Kier alpha value is -3.34. The monoisotopic (exact) mass is 555 g/mol. The van der Waals surface area contributed by atoms with Crippen LogP contribution in [0.5, 0.6) is 0 Å². The highest BCUT2D eigenvalue weighted by Crippen LogP contribution is 2.44. The van der Waals surface area contributed by atoms with E-state index in [0.717, 1.165) is 31.5 Å². The van der Waals surface area contributed by atoms with Gasteiger partial charge in [0, 0.05) is 88.2 Å². The van der Waals surface area contributed by atoms with Gasteiger partial charge in [-0.05, 0) is 37.8 Å². The molecule has 3 saturated heterocycles. The lowest BCUT2D eigenvalue weighted by Crippen LogP contribution is -2.69. The van der Waals surface area contributed by atoms with E-state index in [4.69, 9.17) is 0 Å². The molecule has 0 aromatic carbocycles. The molecule has 1 amide bonds. The van der Waals surface area contributed by atoms with E-state index in [1.807, 2.05) is 35.0 Å². The predicted octanol–water partition coefficient (Wildman–Crippen LogP) is 3.83. The van der Waals surface area contributed by atoms with Crippen LogP contribution < -0.4 is 9.80 Å². The second-order valence-electron chi connectivity index (χ2n) is 11.3. The number of piperazine rings is 1. The SMILES string of the molecule is C=CC(=O)N1CCN(C2CN3c4cc(N5CCC(c6c(C)cnn6C)CC5)nc(C(F)(F)F)c4C=CCC23)CC1. The molecule has 2 unspecified atom stereocenters. The molecular formula is C29H36F3N7O. The van der Waals surface area contributed by atoms with E-state index in [9.17, 15) is 18.0 Å². The number of piperidine rings is 1. The maximum Gasteiger partial charge on any atom is 0.434 e. The maximum atomic E-state index is 14.3. The molecule has 40 heavy (non-hydrogen) atoms. The Morgan fingerprint density at radius 1 is 1.10 bits per heavy atom. The largest absolute Gasteiger partial charge is 0.434 e. The molecule has 0 aliphatic carbocycles. The third-order valence-corrected chi connectivity index (χ3v) is 9.14. The van der Waals surface area contributed by atoms with E-state index >= 15 is 0 Å². The van der Waals surface area contributed by atoms with E-state index in [-0.39, 0.29) is 23.6 Å². The molecule has 4 aliphatic rings. The van der Waals surface area contributed by atoms with E-state index < -0.39 is 11.9 Å². The van der Waals surface area contributed by atoms with Crippen LogP contribution in [0.15, 0.2) is 31.0 Å². The first-order chi connectivity index (χ1) is 19.2. The lowest BCUT2D eigenvalue weighted by Gasteiger charge is -2.55.